The summed E-state index contributed by atoms with van der Waals surface area (Å²) in [6.07, 6.45) is 7.29. The summed E-state index contributed by atoms with van der Waals surface area (Å²) in [6.45, 7) is 8.23. The summed E-state index contributed by atoms with van der Waals surface area (Å²) in [4.78, 5) is 15.2. The van der Waals surface area contributed by atoms with E-state index in [9.17, 15) is 4.79 Å². The van der Waals surface area contributed by atoms with E-state index < -0.39 is 0 Å². The maximum Gasteiger partial charge on any atom is 0.255 e. The third-order valence-electron chi connectivity index (χ3n) is 6.85. The molecule has 1 aliphatic rings. The van der Waals surface area contributed by atoms with E-state index in [2.05, 4.69) is 46.7 Å². The molecule has 35 heavy (non-hydrogen) atoms. The zero-order valence-electron chi connectivity index (χ0n) is 21.2. The highest BCUT2D eigenvalue weighted by atomic mass is 35.5. The second-order valence-corrected chi connectivity index (χ2v) is 10.1. The van der Waals surface area contributed by atoms with Gasteiger partial charge < -0.3 is 26.0 Å². The molecule has 192 valence electrons. The standard InChI is InChI=1S/C28H41ClN4O2/c1-21-7-9-22(10-8-21)19-31-13-5-3-4-6-14-33-15-11-23(12-16-33)20-32-28(34)24-17-25(29)26(30)18-27(24)35-2/h7-10,17-18,23,31H,3-6,11-16,19-20,30H2,1-2H3,(H,32,34). The lowest BCUT2D eigenvalue weighted by molar-refractivity contribution is 0.0933. The fourth-order valence-corrected chi connectivity index (χ4v) is 4.70. The minimum Gasteiger partial charge on any atom is -0.496 e. The normalized spacial score (nSPS) is 14.7. The van der Waals surface area contributed by atoms with Crippen LogP contribution in [0.1, 0.15) is 60.0 Å². The molecule has 0 aromatic heterocycles. The van der Waals surface area contributed by atoms with Gasteiger partial charge in [-0.1, -0.05) is 54.3 Å². The molecule has 1 aliphatic heterocycles. The minimum absolute atomic E-state index is 0.167. The van der Waals surface area contributed by atoms with Crippen molar-refractivity contribution in [1.29, 1.82) is 0 Å². The van der Waals surface area contributed by atoms with Crippen LogP contribution in [0, 0.1) is 12.8 Å². The van der Waals surface area contributed by atoms with Gasteiger partial charge in [-0.2, -0.15) is 0 Å². The molecule has 0 radical (unpaired) electrons. The van der Waals surface area contributed by atoms with Crippen molar-refractivity contribution >= 4 is 23.2 Å². The fourth-order valence-electron chi connectivity index (χ4n) is 4.54. The van der Waals surface area contributed by atoms with Crippen LogP contribution in [-0.2, 0) is 6.54 Å². The smallest absolute Gasteiger partial charge is 0.255 e. The molecule has 0 saturated carbocycles. The van der Waals surface area contributed by atoms with Gasteiger partial charge >= 0.3 is 0 Å². The van der Waals surface area contributed by atoms with E-state index in [1.807, 2.05) is 0 Å². The number of likely N-dealkylation sites (tertiary alicyclic amines) is 1. The molecular weight excluding hydrogens is 460 g/mol. The predicted molar refractivity (Wildman–Crippen MR) is 145 cm³/mol. The van der Waals surface area contributed by atoms with E-state index in [-0.39, 0.29) is 5.91 Å². The number of aryl methyl sites for hydroxylation is 1. The molecule has 2 aromatic carbocycles. The molecular formula is C28H41ClN4O2. The Morgan fingerprint density at radius 3 is 2.54 bits per heavy atom. The van der Waals surface area contributed by atoms with Crippen molar-refractivity contribution in [3.05, 3.63) is 58.1 Å². The van der Waals surface area contributed by atoms with Crippen LogP contribution < -0.4 is 21.1 Å². The van der Waals surface area contributed by atoms with Gasteiger partial charge in [0.15, 0.2) is 0 Å². The van der Waals surface area contributed by atoms with Gasteiger partial charge in [-0.25, -0.2) is 0 Å². The Labute approximate surface area is 215 Å². The van der Waals surface area contributed by atoms with Crippen molar-refractivity contribution in [2.24, 2.45) is 5.92 Å². The van der Waals surface area contributed by atoms with E-state index in [4.69, 9.17) is 22.1 Å². The average Bonchev–Trinajstić information content (AvgIpc) is 2.87. The number of halogens is 1. The van der Waals surface area contributed by atoms with Crippen LogP contribution in [0.3, 0.4) is 0 Å². The van der Waals surface area contributed by atoms with E-state index in [1.165, 1.54) is 50.5 Å². The van der Waals surface area contributed by atoms with Crippen molar-refractivity contribution < 1.29 is 9.53 Å². The van der Waals surface area contributed by atoms with Crippen LogP contribution in [0.2, 0.25) is 5.02 Å². The first kappa shape index (κ1) is 27.3. The summed E-state index contributed by atoms with van der Waals surface area (Å²) in [5, 5.41) is 6.96. The Morgan fingerprint density at radius 2 is 1.83 bits per heavy atom. The second kappa shape index (κ2) is 14.3. The number of ether oxygens (including phenoxy) is 1. The molecule has 4 N–H and O–H groups in total. The number of rotatable bonds is 13. The number of methoxy groups -OCH3 is 1. The van der Waals surface area contributed by atoms with E-state index in [0.29, 0.717) is 34.5 Å². The topological polar surface area (TPSA) is 79.6 Å². The Balaban J connectivity index is 1.23. The first-order valence-electron chi connectivity index (χ1n) is 12.9. The Morgan fingerprint density at radius 1 is 1.11 bits per heavy atom. The molecule has 2 aromatic rings. The third-order valence-corrected chi connectivity index (χ3v) is 7.18. The summed E-state index contributed by atoms with van der Waals surface area (Å²) < 4.78 is 5.29. The molecule has 0 spiro atoms. The number of nitrogens with one attached hydrogen (secondary N) is 2. The molecule has 3 rings (SSSR count). The molecule has 1 fully saturated rings. The SMILES string of the molecule is COc1cc(N)c(Cl)cc1C(=O)NCC1CCN(CCCCCCNCc2ccc(C)cc2)CC1. The van der Waals surface area contributed by atoms with Crippen LogP contribution in [-0.4, -0.2) is 50.6 Å². The van der Waals surface area contributed by atoms with Gasteiger partial charge in [0.25, 0.3) is 5.91 Å². The van der Waals surface area contributed by atoms with Gasteiger partial charge in [0, 0.05) is 19.2 Å². The number of nitrogens with zero attached hydrogens (tertiary/aromatic N) is 1. The fraction of sp³-hybridized carbons (Fsp3) is 0.536. The summed E-state index contributed by atoms with van der Waals surface area (Å²) in [5.41, 5.74) is 9.31. The van der Waals surface area contributed by atoms with Crippen LogP contribution in [0.15, 0.2) is 36.4 Å². The number of amides is 1. The molecule has 0 atom stereocenters. The summed E-state index contributed by atoms with van der Waals surface area (Å²) in [6, 6.07) is 11.9. The van der Waals surface area contributed by atoms with E-state index in [0.717, 1.165) is 39.0 Å². The predicted octanol–water partition coefficient (Wildman–Crippen LogP) is 5.03. The minimum atomic E-state index is -0.167. The number of nitrogen functional groups attached to an aromatic ring is 1. The van der Waals surface area contributed by atoms with Crippen molar-refractivity contribution in [2.45, 2.75) is 52.0 Å². The van der Waals surface area contributed by atoms with Crippen LogP contribution in [0.25, 0.3) is 0 Å². The zero-order valence-corrected chi connectivity index (χ0v) is 22.0. The van der Waals surface area contributed by atoms with Gasteiger partial charge in [-0.05, 0) is 76.3 Å². The van der Waals surface area contributed by atoms with Gasteiger partial charge in [-0.15, -0.1) is 0 Å². The monoisotopic (exact) mass is 500 g/mol. The maximum atomic E-state index is 12.6. The highest BCUT2D eigenvalue weighted by Crippen LogP contribution is 2.29. The lowest BCUT2D eigenvalue weighted by Gasteiger charge is -2.32. The Kier molecular flexibility index (Phi) is 11.2. The number of carbonyl (C=O) groups is 1. The van der Waals surface area contributed by atoms with Gasteiger partial charge in [0.05, 0.1) is 23.4 Å². The quantitative estimate of drug-likeness (QED) is 0.265. The van der Waals surface area contributed by atoms with Gasteiger partial charge in [0.1, 0.15) is 5.75 Å². The van der Waals surface area contributed by atoms with Crippen LogP contribution in [0.4, 0.5) is 5.69 Å². The molecule has 0 bridgehead atoms. The van der Waals surface area contributed by atoms with E-state index >= 15 is 0 Å². The zero-order chi connectivity index (χ0) is 25.0. The number of hydrogen-bond donors (Lipinski definition) is 3. The Hall–Kier alpha value is -2.28. The molecule has 1 saturated heterocycles. The third kappa shape index (κ3) is 9.02. The number of carbonyl (C=O) groups excluding carboxylic acids is 1. The second-order valence-electron chi connectivity index (χ2n) is 9.65. The first-order chi connectivity index (χ1) is 17.0. The van der Waals surface area contributed by atoms with Crippen molar-refractivity contribution in [1.82, 2.24) is 15.5 Å². The number of benzene rings is 2. The van der Waals surface area contributed by atoms with E-state index in [1.54, 1.807) is 12.1 Å². The summed E-state index contributed by atoms with van der Waals surface area (Å²) in [7, 11) is 1.53. The maximum absolute atomic E-state index is 12.6. The van der Waals surface area contributed by atoms with Crippen molar-refractivity contribution in [3.8, 4) is 5.75 Å². The van der Waals surface area contributed by atoms with Crippen LogP contribution >= 0.6 is 11.6 Å². The number of unbranched alkanes of at least 4 members (excludes halogenated alkanes) is 3. The molecule has 7 heteroatoms. The van der Waals surface area contributed by atoms with Crippen molar-refractivity contribution in [2.75, 3.05) is 45.6 Å². The molecule has 0 aliphatic carbocycles. The molecule has 0 unspecified atom stereocenters. The number of anilines is 1. The number of nitrogens with two attached hydrogens (primary N) is 1. The number of hydrogen-bond acceptors (Lipinski definition) is 5. The number of piperidine rings is 1. The lowest BCUT2D eigenvalue weighted by atomic mass is 9.96. The molecule has 6 nitrogen and oxygen atoms in total. The van der Waals surface area contributed by atoms with Crippen LogP contribution in [0.5, 0.6) is 5.75 Å². The Bertz CT molecular complexity index is 927. The highest BCUT2D eigenvalue weighted by molar-refractivity contribution is 6.33. The highest BCUT2D eigenvalue weighted by Gasteiger charge is 2.21. The van der Waals surface area contributed by atoms with Gasteiger partial charge in [-0.3, -0.25) is 4.79 Å². The first-order valence-corrected chi connectivity index (χ1v) is 13.2. The average molecular weight is 501 g/mol. The summed E-state index contributed by atoms with van der Waals surface area (Å²) in [5.74, 6) is 0.783. The molecule has 1 heterocycles. The largest absolute Gasteiger partial charge is 0.496 e. The summed E-state index contributed by atoms with van der Waals surface area (Å²) >= 11 is 6.09. The van der Waals surface area contributed by atoms with Crippen molar-refractivity contribution in [3.63, 3.8) is 0 Å². The van der Waals surface area contributed by atoms with Gasteiger partial charge in [0.2, 0.25) is 0 Å². The lowest BCUT2D eigenvalue weighted by Crippen LogP contribution is -2.39. The molecule has 1 amide bonds.